The van der Waals surface area contributed by atoms with Crippen LogP contribution in [0.2, 0.25) is 10.0 Å². The fourth-order valence-corrected chi connectivity index (χ4v) is 2.84. The summed E-state index contributed by atoms with van der Waals surface area (Å²) in [6, 6.07) is 16.9. The Balaban J connectivity index is 1.91. The first-order valence-electron chi connectivity index (χ1n) is 6.62. The number of aliphatic hydroxyl groups excluding tert-OH is 1. The van der Waals surface area contributed by atoms with Gasteiger partial charge in [0, 0.05) is 21.9 Å². The van der Waals surface area contributed by atoms with Gasteiger partial charge in [-0.05, 0) is 29.8 Å². The number of benzene rings is 2. The first-order valence-corrected chi connectivity index (χ1v) is 7.37. The maximum atomic E-state index is 10.4. The van der Waals surface area contributed by atoms with E-state index in [0.29, 0.717) is 22.2 Å². The van der Waals surface area contributed by atoms with Crippen LogP contribution in [0.1, 0.15) is 17.4 Å². The number of pyridine rings is 1. The minimum atomic E-state index is -0.744. The van der Waals surface area contributed by atoms with E-state index >= 15 is 0 Å². The summed E-state index contributed by atoms with van der Waals surface area (Å²) in [6.45, 7) is 0. The summed E-state index contributed by atoms with van der Waals surface area (Å²) in [7, 11) is 0. The second-order valence-electron chi connectivity index (χ2n) is 4.85. The smallest absolute Gasteiger partial charge is 0.100 e. The molecule has 0 aliphatic carbocycles. The van der Waals surface area contributed by atoms with Crippen molar-refractivity contribution in [1.29, 1.82) is 0 Å². The van der Waals surface area contributed by atoms with E-state index in [1.807, 2.05) is 36.4 Å². The van der Waals surface area contributed by atoms with Gasteiger partial charge in [-0.3, -0.25) is 4.98 Å². The van der Waals surface area contributed by atoms with Crippen LogP contribution in [-0.4, -0.2) is 10.1 Å². The van der Waals surface area contributed by atoms with Gasteiger partial charge in [0.2, 0.25) is 0 Å². The summed E-state index contributed by atoms with van der Waals surface area (Å²) < 4.78 is 0. The Labute approximate surface area is 133 Å². The predicted molar refractivity (Wildman–Crippen MR) is 86.9 cm³/mol. The Kier molecular flexibility index (Phi) is 4.11. The van der Waals surface area contributed by atoms with Gasteiger partial charge in [0.25, 0.3) is 0 Å². The first-order chi connectivity index (χ1) is 10.1. The fraction of sp³-hybridized carbons (Fsp3) is 0.118. The van der Waals surface area contributed by atoms with E-state index in [9.17, 15) is 5.11 Å². The molecule has 3 aromatic rings. The number of nitrogens with zero attached hydrogens (tertiary/aromatic N) is 1. The molecule has 1 atom stereocenters. The molecule has 0 amide bonds. The number of halogens is 2. The summed E-state index contributed by atoms with van der Waals surface area (Å²) in [6.07, 6.45) is -0.406. The van der Waals surface area contributed by atoms with Gasteiger partial charge in [-0.15, -0.1) is 0 Å². The molecule has 1 unspecified atom stereocenters. The molecule has 3 rings (SSSR count). The Hall–Kier alpha value is -1.61. The summed E-state index contributed by atoms with van der Waals surface area (Å²) in [4.78, 5) is 4.49. The van der Waals surface area contributed by atoms with Crippen molar-refractivity contribution in [3.05, 3.63) is 75.9 Å². The van der Waals surface area contributed by atoms with Crippen molar-refractivity contribution < 1.29 is 5.11 Å². The molecule has 21 heavy (non-hydrogen) atoms. The molecule has 2 aromatic carbocycles. The SMILES string of the molecule is OC(Cc1c(Cl)cccc1Cl)c1ccc2ccccc2n1. The Morgan fingerprint density at radius 2 is 1.62 bits per heavy atom. The summed E-state index contributed by atoms with van der Waals surface area (Å²) in [5.41, 5.74) is 2.22. The molecule has 0 radical (unpaired) electrons. The molecule has 1 heterocycles. The van der Waals surface area contributed by atoms with E-state index in [1.165, 1.54) is 0 Å². The van der Waals surface area contributed by atoms with Gasteiger partial charge in [0.1, 0.15) is 6.10 Å². The molecule has 2 nitrogen and oxygen atoms in total. The quantitative estimate of drug-likeness (QED) is 0.751. The van der Waals surface area contributed by atoms with Gasteiger partial charge in [-0.1, -0.05) is 53.5 Å². The summed E-state index contributed by atoms with van der Waals surface area (Å²) in [5.74, 6) is 0. The third-order valence-corrected chi connectivity index (χ3v) is 4.13. The van der Waals surface area contributed by atoms with Crippen molar-refractivity contribution in [2.24, 2.45) is 0 Å². The van der Waals surface area contributed by atoms with E-state index < -0.39 is 6.10 Å². The second-order valence-corrected chi connectivity index (χ2v) is 5.66. The number of aromatic nitrogens is 1. The highest BCUT2D eigenvalue weighted by atomic mass is 35.5. The van der Waals surface area contributed by atoms with Gasteiger partial charge in [-0.2, -0.15) is 0 Å². The van der Waals surface area contributed by atoms with Crippen LogP contribution in [0.3, 0.4) is 0 Å². The van der Waals surface area contributed by atoms with Crippen molar-refractivity contribution in [3.8, 4) is 0 Å². The molecule has 0 aliphatic rings. The van der Waals surface area contributed by atoms with Crippen LogP contribution in [0.15, 0.2) is 54.6 Å². The third-order valence-electron chi connectivity index (χ3n) is 3.42. The molecule has 0 bridgehead atoms. The highest BCUT2D eigenvalue weighted by molar-refractivity contribution is 6.36. The molecule has 0 spiro atoms. The van der Waals surface area contributed by atoms with Gasteiger partial charge in [0.05, 0.1) is 11.2 Å². The topological polar surface area (TPSA) is 33.1 Å². The van der Waals surface area contributed by atoms with Crippen molar-refractivity contribution in [3.63, 3.8) is 0 Å². The average Bonchev–Trinajstić information content (AvgIpc) is 2.50. The van der Waals surface area contributed by atoms with Crippen LogP contribution in [0.4, 0.5) is 0 Å². The van der Waals surface area contributed by atoms with E-state index in [2.05, 4.69) is 4.98 Å². The molecule has 0 aliphatic heterocycles. The molecule has 106 valence electrons. The van der Waals surface area contributed by atoms with Crippen molar-refractivity contribution in [2.45, 2.75) is 12.5 Å². The highest BCUT2D eigenvalue weighted by Crippen LogP contribution is 2.29. The Morgan fingerprint density at radius 1 is 0.905 bits per heavy atom. The van der Waals surface area contributed by atoms with Crippen LogP contribution in [0.5, 0.6) is 0 Å². The van der Waals surface area contributed by atoms with E-state index in [1.54, 1.807) is 18.2 Å². The molecule has 0 saturated carbocycles. The third kappa shape index (κ3) is 3.03. The number of para-hydroxylation sites is 1. The normalized spacial score (nSPS) is 12.5. The van der Waals surface area contributed by atoms with E-state index in [0.717, 1.165) is 16.5 Å². The molecule has 0 fully saturated rings. The van der Waals surface area contributed by atoms with Gasteiger partial charge < -0.3 is 5.11 Å². The number of rotatable bonds is 3. The lowest BCUT2D eigenvalue weighted by Crippen LogP contribution is -2.05. The Morgan fingerprint density at radius 3 is 2.38 bits per heavy atom. The van der Waals surface area contributed by atoms with Crippen molar-refractivity contribution in [1.82, 2.24) is 4.98 Å². The van der Waals surface area contributed by atoms with Crippen molar-refractivity contribution in [2.75, 3.05) is 0 Å². The number of hydrogen-bond donors (Lipinski definition) is 1. The number of hydrogen-bond acceptors (Lipinski definition) is 2. The summed E-state index contributed by atoms with van der Waals surface area (Å²) >= 11 is 12.3. The molecule has 1 aromatic heterocycles. The zero-order valence-corrected chi connectivity index (χ0v) is 12.6. The van der Waals surface area contributed by atoms with Gasteiger partial charge in [-0.25, -0.2) is 0 Å². The van der Waals surface area contributed by atoms with Crippen LogP contribution in [0, 0.1) is 0 Å². The number of aliphatic hydroxyl groups is 1. The molecule has 1 N–H and O–H groups in total. The maximum absolute atomic E-state index is 10.4. The van der Waals surface area contributed by atoms with Crippen LogP contribution in [-0.2, 0) is 6.42 Å². The van der Waals surface area contributed by atoms with E-state index in [4.69, 9.17) is 23.2 Å². The molecule has 0 saturated heterocycles. The van der Waals surface area contributed by atoms with Gasteiger partial charge >= 0.3 is 0 Å². The minimum Gasteiger partial charge on any atom is -0.386 e. The minimum absolute atomic E-state index is 0.337. The van der Waals surface area contributed by atoms with Crippen molar-refractivity contribution >= 4 is 34.1 Å². The molecular formula is C17H13Cl2NO. The lowest BCUT2D eigenvalue weighted by molar-refractivity contribution is 0.174. The lowest BCUT2D eigenvalue weighted by Gasteiger charge is -2.13. The van der Waals surface area contributed by atoms with Crippen LogP contribution < -0.4 is 0 Å². The standard InChI is InChI=1S/C17H13Cl2NO/c18-13-5-3-6-14(19)12(13)10-17(21)16-9-8-11-4-1-2-7-15(11)20-16/h1-9,17,21H,10H2. The van der Waals surface area contributed by atoms with Gasteiger partial charge in [0.15, 0.2) is 0 Å². The molecular weight excluding hydrogens is 305 g/mol. The first kappa shape index (κ1) is 14.3. The van der Waals surface area contributed by atoms with E-state index in [-0.39, 0.29) is 0 Å². The fourth-order valence-electron chi connectivity index (χ4n) is 2.29. The van der Waals surface area contributed by atoms with Crippen LogP contribution >= 0.6 is 23.2 Å². The average molecular weight is 318 g/mol. The largest absolute Gasteiger partial charge is 0.386 e. The summed E-state index contributed by atoms with van der Waals surface area (Å²) in [5, 5.41) is 12.6. The lowest BCUT2D eigenvalue weighted by atomic mass is 10.0. The maximum Gasteiger partial charge on any atom is 0.100 e. The zero-order chi connectivity index (χ0) is 14.8. The Bertz CT molecular complexity index is 768. The predicted octanol–water partition coefficient (Wildman–Crippen LogP) is 4.82. The van der Waals surface area contributed by atoms with Crippen LogP contribution in [0.25, 0.3) is 10.9 Å². The number of fused-ring (bicyclic) bond motifs is 1. The second kappa shape index (κ2) is 6.02. The monoisotopic (exact) mass is 317 g/mol. The molecule has 4 heteroatoms. The highest BCUT2D eigenvalue weighted by Gasteiger charge is 2.15. The zero-order valence-electron chi connectivity index (χ0n) is 11.1.